The maximum atomic E-state index is 14.3. The molecule has 4 aromatic rings. The molecule has 4 N–H and O–H groups in total. The van der Waals surface area contributed by atoms with E-state index in [1.165, 1.54) is 19.2 Å². The Kier molecular flexibility index (Phi) is 11.4. The fourth-order valence-electron chi connectivity index (χ4n) is 7.36. The molecular formula is C40H48FN6O6+. The van der Waals surface area contributed by atoms with Crippen LogP contribution in [0.15, 0.2) is 85.1 Å². The lowest BCUT2D eigenvalue weighted by Crippen LogP contribution is -2.68. The molecule has 0 aliphatic carbocycles. The minimum Gasteiger partial charge on any atom is -0.453 e. The Morgan fingerprint density at radius 1 is 0.943 bits per heavy atom. The highest BCUT2D eigenvalue weighted by atomic mass is 19.1. The normalized spacial score (nSPS) is 23.0. The zero-order chi connectivity index (χ0) is 37.6. The second-order valence-electron chi connectivity index (χ2n) is 14.8. The largest absolute Gasteiger partial charge is 0.516 e. The molecule has 2 fully saturated rings. The lowest BCUT2D eigenvalue weighted by molar-refractivity contribution is -0.888. The number of carbonyl (C=O) groups is 3. The van der Waals surface area contributed by atoms with Gasteiger partial charge in [0.15, 0.2) is 0 Å². The average molecular weight is 728 g/mol. The van der Waals surface area contributed by atoms with Crippen molar-refractivity contribution in [3.05, 3.63) is 108 Å². The van der Waals surface area contributed by atoms with Crippen LogP contribution in [-0.4, -0.2) is 77.2 Å². The van der Waals surface area contributed by atoms with Gasteiger partial charge in [-0.2, -0.15) is 4.79 Å². The van der Waals surface area contributed by atoms with E-state index >= 15 is 0 Å². The number of rotatable bonds is 8. The second-order valence-corrected chi connectivity index (χ2v) is 14.8. The van der Waals surface area contributed by atoms with Gasteiger partial charge in [-0.1, -0.05) is 54.6 Å². The second kappa shape index (κ2) is 16.2. The van der Waals surface area contributed by atoms with Gasteiger partial charge in [0.1, 0.15) is 29.9 Å². The van der Waals surface area contributed by atoms with Gasteiger partial charge < -0.3 is 29.8 Å². The number of ether oxygens (including phenoxy) is 3. The molecule has 3 unspecified atom stereocenters. The van der Waals surface area contributed by atoms with Crippen LogP contribution < -0.4 is 16.0 Å². The summed E-state index contributed by atoms with van der Waals surface area (Å²) in [6.45, 7) is 7.06. The summed E-state index contributed by atoms with van der Waals surface area (Å²) in [6.07, 6.45) is 2.16. The van der Waals surface area contributed by atoms with Gasteiger partial charge in [-0.25, -0.2) is 23.4 Å². The number of nitrogens with zero attached hydrogens (tertiary/aromatic N) is 2. The van der Waals surface area contributed by atoms with E-state index in [0.717, 1.165) is 22.4 Å². The van der Waals surface area contributed by atoms with E-state index in [9.17, 15) is 18.8 Å². The molecule has 13 heteroatoms. The molecule has 0 bridgehead atoms. The van der Waals surface area contributed by atoms with E-state index in [0.29, 0.717) is 50.4 Å². The Labute approximate surface area is 309 Å². The predicted octanol–water partition coefficient (Wildman–Crippen LogP) is 7.42. The quantitative estimate of drug-likeness (QED) is 0.109. The fraction of sp³-hybridized carbons (Fsp3) is 0.400. The van der Waals surface area contributed by atoms with E-state index in [2.05, 4.69) is 25.7 Å². The van der Waals surface area contributed by atoms with Crippen molar-refractivity contribution >= 4 is 24.0 Å². The molecule has 0 radical (unpaired) electrons. The first kappa shape index (κ1) is 37.5. The molecular weight excluding hydrogens is 679 g/mol. The summed E-state index contributed by atoms with van der Waals surface area (Å²) in [5, 5.41) is 9.36. The van der Waals surface area contributed by atoms with Gasteiger partial charge in [-0.3, -0.25) is 5.32 Å². The van der Waals surface area contributed by atoms with Crippen molar-refractivity contribution in [1.29, 1.82) is 0 Å². The molecule has 3 atom stereocenters. The van der Waals surface area contributed by atoms with Gasteiger partial charge in [0.05, 0.1) is 38.1 Å². The van der Waals surface area contributed by atoms with E-state index in [-0.39, 0.29) is 47.0 Å². The van der Waals surface area contributed by atoms with Crippen LogP contribution in [0.25, 0.3) is 11.3 Å². The van der Waals surface area contributed by atoms with E-state index < -0.39 is 17.8 Å². The van der Waals surface area contributed by atoms with Crippen LogP contribution in [0.1, 0.15) is 68.9 Å². The van der Waals surface area contributed by atoms with Crippen molar-refractivity contribution in [3.63, 3.8) is 0 Å². The van der Waals surface area contributed by atoms with Gasteiger partial charge in [0.25, 0.3) is 0 Å². The zero-order valence-electron chi connectivity index (χ0n) is 30.6. The van der Waals surface area contributed by atoms with Crippen molar-refractivity contribution in [3.8, 4) is 11.3 Å². The number of likely N-dealkylation sites (tertiary alicyclic amines) is 1. The summed E-state index contributed by atoms with van der Waals surface area (Å²) in [5.41, 5.74) is 3.46. The van der Waals surface area contributed by atoms with E-state index in [1.54, 1.807) is 30.5 Å². The highest BCUT2D eigenvalue weighted by Crippen LogP contribution is 2.41. The summed E-state index contributed by atoms with van der Waals surface area (Å²) in [4.78, 5) is 46.8. The number of halogens is 1. The third-order valence-corrected chi connectivity index (χ3v) is 10.1. The Balaban J connectivity index is 1.25. The summed E-state index contributed by atoms with van der Waals surface area (Å²) in [6, 6.07) is 22.8. The molecule has 2 saturated heterocycles. The van der Waals surface area contributed by atoms with Crippen LogP contribution in [0.2, 0.25) is 0 Å². The highest BCUT2D eigenvalue weighted by Gasteiger charge is 2.52. The van der Waals surface area contributed by atoms with Gasteiger partial charge in [0.2, 0.25) is 0 Å². The number of H-pyrrole nitrogens is 1. The van der Waals surface area contributed by atoms with Gasteiger partial charge in [0, 0.05) is 43.5 Å². The number of benzene rings is 3. The minimum absolute atomic E-state index is 0.0894. The number of alkyl carbamates (subject to hydrolysis) is 1. The summed E-state index contributed by atoms with van der Waals surface area (Å²) in [5.74, 6) is 0.209. The fourth-order valence-corrected chi connectivity index (χ4v) is 7.36. The molecule has 53 heavy (non-hydrogen) atoms. The number of nitrogens with one attached hydrogen (secondary N) is 4. The monoisotopic (exact) mass is 727 g/mol. The molecule has 6 rings (SSSR count). The lowest BCUT2D eigenvalue weighted by atomic mass is 9.80. The van der Waals surface area contributed by atoms with Crippen LogP contribution in [0.4, 0.5) is 24.5 Å². The van der Waals surface area contributed by atoms with Crippen LogP contribution in [-0.2, 0) is 20.8 Å². The number of aromatic nitrogens is 2. The van der Waals surface area contributed by atoms with Gasteiger partial charge in [-0.05, 0) is 61.7 Å². The molecule has 12 nitrogen and oxygen atoms in total. The number of anilines is 1. The summed E-state index contributed by atoms with van der Waals surface area (Å²) in [7, 11) is 1.31. The first-order valence-corrected chi connectivity index (χ1v) is 18.0. The number of piperidine rings is 2. The molecule has 0 spiro atoms. The average Bonchev–Trinajstić information content (AvgIpc) is 3.64. The van der Waals surface area contributed by atoms with Crippen molar-refractivity contribution in [2.24, 2.45) is 0 Å². The first-order valence-electron chi connectivity index (χ1n) is 18.0. The molecule has 3 aromatic carbocycles. The van der Waals surface area contributed by atoms with Gasteiger partial charge in [-0.15, -0.1) is 0 Å². The Morgan fingerprint density at radius 3 is 2.30 bits per heavy atom. The number of quaternary nitrogens is 1. The lowest BCUT2D eigenvalue weighted by Gasteiger charge is -2.48. The van der Waals surface area contributed by atoms with Crippen molar-refractivity contribution in [2.75, 3.05) is 32.1 Å². The molecule has 2 aliphatic rings. The van der Waals surface area contributed by atoms with Crippen molar-refractivity contribution in [2.45, 2.75) is 76.3 Å². The molecule has 3 heterocycles. The smallest absolute Gasteiger partial charge is 0.453 e. The van der Waals surface area contributed by atoms with Crippen LogP contribution in [0, 0.1) is 5.82 Å². The molecule has 0 saturated carbocycles. The number of amides is 3. The van der Waals surface area contributed by atoms with E-state index in [1.807, 2.05) is 63.2 Å². The van der Waals surface area contributed by atoms with Crippen molar-refractivity contribution in [1.82, 2.24) is 20.6 Å². The maximum absolute atomic E-state index is 14.3. The van der Waals surface area contributed by atoms with Crippen molar-refractivity contribution < 1.29 is 37.5 Å². The van der Waals surface area contributed by atoms with Crippen LogP contribution in [0.5, 0.6) is 0 Å². The van der Waals surface area contributed by atoms with Crippen LogP contribution in [0.3, 0.4) is 0 Å². The molecule has 2 aliphatic heterocycles. The first-order chi connectivity index (χ1) is 25.4. The number of aromatic amines is 1. The Hall–Kier alpha value is -5.27. The predicted molar refractivity (Wildman–Crippen MR) is 197 cm³/mol. The third-order valence-electron chi connectivity index (χ3n) is 10.1. The Morgan fingerprint density at radius 2 is 1.64 bits per heavy atom. The number of imidazole rings is 1. The Bertz CT molecular complexity index is 1850. The maximum Gasteiger partial charge on any atom is 0.516 e. The molecule has 1 aromatic heterocycles. The number of hydrogen-bond acceptors (Lipinski definition) is 8. The standard InChI is InChI=1S/C40H47FN6O6/c1-40(2,3)53-38(49)45-31-18-20-47(21-19-31,39(50)52-25-26-8-6-5-7-9-26)32-22-33(27-10-14-29(41)15-11-27)35(42-23-32)36-43-24-34(46-36)28-12-16-30(17-13-28)44-37(48)51-4/h5-17,24,31-33,35,42H,18-23,25H2,1-4H3,(H2-,43,44,45,46,48,49)/p+1. The SMILES string of the molecule is COC(=O)Nc1ccc(-c2cnc(C3NCC([N+]4(C(=O)OCc5ccccc5)CCC(NC(=O)OC(C)(C)C)CC4)CC3c3ccc(F)cc3)[nH]2)cc1. The molecule has 280 valence electrons. The minimum atomic E-state index is -0.623. The number of methoxy groups -OCH3 is 1. The summed E-state index contributed by atoms with van der Waals surface area (Å²) < 4.78 is 30.5. The van der Waals surface area contributed by atoms with Gasteiger partial charge >= 0.3 is 18.3 Å². The number of hydrogen-bond donors (Lipinski definition) is 4. The zero-order valence-corrected chi connectivity index (χ0v) is 30.6. The summed E-state index contributed by atoms with van der Waals surface area (Å²) >= 11 is 0. The van der Waals surface area contributed by atoms with E-state index in [4.69, 9.17) is 14.5 Å². The highest BCUT2D eigenvalue weighted by molar-refractivity contribution is 5.84. The third kappa shape index (κ3) is 9.21. The molecule has 3 amide bonds. The topological polar surface area (TPSA) is 144 Å². The number of carbonyl (C=O) groups excluding carboxylic acids is 3. The van der Waals surface area contributed by atoms with Crippen LogP contribution >= 0.6 is 0 Å².